The van der Waals surface area contributed by atoms with Crippen LogP contribution < -0.4 is 11.1 Å². The topological polar surface area (TPSA) is 109 Å². The lowest BCUT2D eigenvalue weighted by molar-refractivity contribution is 0.0815. The van der Waals surface area contributed by atoms with Gasteiger partial charge in [-0.3, -0.25) is 4.79 Å². The molecule has 3 rings (SSSR count). The summed E-state index contributed by atoms with van der Waals surface area (Å²) < 4.78 is 2.02. The summed E-state index contributed by atoms with van der Waals surface area (Å²) in [7, 11) is 3.48. The van der Waals surface area contributed by atoms with E-state index >= 15 is 0 Å². The fourth-order valence-corrected chi connectivity index (χ4v) is 3.35. The maximum atomic E-state index is 12.7. The summed E-state index contributed by atoms with van der Waals surface area (Å²) in [6, 6.07) is 2.08. The van der Waals surface area contributed by atoms with Gasteiger partial charge in [-0.1, -0.05) is 12.8 Å². The Bertz CT molecular complexity index is 749. The van der Waals surface area contributed by atoms with Gasteiger partial charge in [0.05, 0.1) is 12.0 Å². The Kier molecular flexibility index (Phi) is 4.57. The molecule has 8 nitrogen and oxygen atoms in total. The van der Waals surface area contributed by atoms with Gasteiger partial charge in [0.2, 0.25) is 5.95 Å². The SMILES string of the molecule is CN(C)C(=O)c1cc2c(NCCO)nc(N)nc2n1C1CCCC1. The van der Waals surface area contributed by atoms with E-state index in [0.717, 1.165) is 31.1 Å². The van der Waals surface area contributed by atoms with E-state index in [1.165, 1.54) is 0 Å². The first-order valence-electron chi connectivity index (χ1n) is 8.27. The van der Waals surface area contributed by atoms with Crippen LogP contribution in [0.2, 0.25) is 0 Å². The van der Waals surface area contributed by atoms with Crippen LogP contribution in [0.1, 0.15) is 42.2 Å². The van der Waals surface area contributed by atoms with E-state index in [1.54, 1.807) is 19.0 Å². The maximum absolute atomic E-state index is 12.7. The summed E-state index contributed by atoms with van der Waals surface area (Å²) in [5, 5.41) is 12.9. The van der Waals surface area contributed by atoms with Gasteiger partial charge in [-0.25, -0.2) is 0 Å². The van der Waals surface area contributed by atoms with E-state index < -0.39 is 0 Å². The molecule has 0 atom stereocenters. The number of rotatable bonds is 5. The molecule has 1 amide bonds. The van der Waals surface area contributed by atoms with Gasteiger partial charge >= 0.3 is 0 Å². The largest absolute Gasteiger partial charge is 0.395 e. The summed E-state index contributed by atoms with van der Waals surface area (Å²) in [5.41, 5.74) is 7.16. The van der Waals surface area contributed by atoms with Crippen molar-refractivity contribution in [3.63, 3.8) is 0 Å². The number of nitrogens with two attached hydrogens (primary N) is 1. The molecule has 0 spiro atoms. The molecule has 0 aliphatic heterocycles. The van der Waals surface area contributed by atoms with Gasteiger partial charge < -0.3 is 25.6 Å². The molecule has 24 heavy (non-hydrogen) atoms. The minimum absolute atomic E-state index is 0.0157. The second-order valence-electron chi connectivity index (χ2n) is 6.36. The van der Waals surface area contributed by atoms with Crippen molar-refractivity contribution >= 4 is 28.7 Å². The van der Waals surface area contributed by atoms with Crippen molar-refractivity contribution < 1.29 is 9.90 Å². The van der Waals surface area contributed by atoms with Crippen molar-refractivity contribution in [3.8, 4) is 0 Å². The quantitative estimate of drug-likeness (QED) is 0.760. The van der Waals surface area contributed by atoms with E-state index in [1.807, 2.05) is 10.6 Å². The minimum Gasteiger partial charge on any atom is -0.395 e. The first-order valence-corrected chi connectivity index (χ1v) is 8.27. The van der Waals surface area contributed by atoms with Crippen molar-refractivity contribution in [1.82, 2.24) is 19.4 Å². The molecule has 0 unspecified atom stereocenters. The summed E-state index contributed by atoms with van der Waals surface area (Å²) in [5.74, 6) is 0.645. The third-order valence-corrected chi connectivity index (χ3v) is 4.43. The highest BCUT2D eigenvalue weighted by atomic mass is 16.3. The molecule has 0 bridgehead atoms. The smallest absolute Gasteiger partial charge is 0.270 e. The number of anilines is 2. The van der Waals surface area contributed by atoms with Gasteiger partial charge in [0.1, 0.15) is 17.2 Å². The van der Waals surface area contributed by atoms with Crippen molar-refractivity contribution in [2.75, 3.05) is 38.3 Å². The molecule has 8 heteroatoms. The predicted molar refractivity (Wildman–Crippen MR) is 93.0 cm³/mol. The lowest BCUT2D eigenvalue weighted by atomic mass is 10.2. The van der Waals surface area contributed by atoms with Gasteiger partial charge in [0.15, 0.2) is 0 Å². The molecule has 130 valence electrons. The Morgan fingerprint density at radius 1 is 1.42 bits per heavy atom. The normalized spacial score (nSPS) is 15.1. The molecule has 2 aromatic heterocycles. The third kappa shape index (κ3) is 2.89. The zero-order valence-electron chi connectivity index (χ0n) is 14.1. The first-order chi connectivity index (χ1) is 11.5. The molecule has 2 heterocycles. The zero-order valence-corrected chi connectivity index (χ0v) is 14.1. The second-order valence-corrected chi connectivity index (χ2v) is 6.36. The van der Waals surface area contributed by atoms with E-state index in [9.17, 15) is 4.79 Å². The fraction of sp³-hybridized carbons (Fsp3) is 0.562. The molecular formula is C16H24N6O2. The number of carbonyl (C=O) groups excluding carboxylic acids is 1. The second kappa shape index (κ2) is 6.64. The van der Waals surface area contributed by atoms with Crippen LogP contribution >= 0.6 is 0 Å². The van der Waals surface area contributed by atoms with Gasteiger partial charge in [-0.2, -0.15) is 9.97 Å². The van der Waals surface area contributed by atoms with E-state index in [2.05, 4.69) is 15.3 Å². The zero-order chi connectivity index (χ0) is 17.3. The molecule has 1 aliphatic rings. The summed E-state index contributed by atoms with van der Waals surface area (Å²) in [6.45, 7) is 0.343. The Morgan fingerprint density at radius 3 is 2.75 bits per heavy atom. The summed E-state index contributed by atoms with van der Waals surface area (Å²) in [4.78, 5) is 22.9. The molecule has 0 radical (unpaired) electrons. The van der Waals surface area contributed by atoms with Crippen molar-refractivity contribution in [2.24, 2.45) is 0 Å². The standard InChI is InChI=1S/C16H24N6O2/c1-21(2)15(24)12-9-11-13(18-7-8-23)19-16(17)20-14(11)22(12)10-5-3-4-6-10/h9-10,23H,3-8H2,1-2H3,(H3,17,18,19,20). The van der Waals surface area contributed by atoms with Gasteiger partial charge in [-0.15, -0.1) is 0 Å². The highest BCUT2D eigenvalue weighted by molar-refractivity contribution is 6.01. The molecule has 4 N–H and O–H groups in total. The fourth-order valence-electron chi connectivity index (χ4n) is 3.35. The molecule has 1 saturated carbocycles. The van der Waals surface area contributed by atoms with E-state index in [-0.39, 0.29) is 24.5 Å². The van der Waals surface area contributed by atoms with Gasteiger partial charge in [0, 0.05) is 26.7 Å². The van der Waals surface area contributed by atoms with Crippen LogP contribution in [0.4, 0.5) is 11.8 Å². The highest BCUT2D eigenvalue weighted by Gasteiger charge is 2.27. The molecular weight excluding hydrogens is 308 g/mol. The number of nitrogens with zero attached hydrogens (tertiary/aromatic N) is 4. The minimum atomic E-state index is -0.0634. The summed E-state index contributed by atoms with van der Waals surface area (Å²) in [6.07, 6.45) is 4.35. The number of nitrogens with one attached hydrogen (secondary N) is 1. The van der Waals surface area contributed by atoms with Crippen molar-refractivity contribution in [2.45, 2.75) is 31.7 Å². The van der Waals surface area contributed by atoms with Crippen molar-refractivity contribution in [3.05, 3.63) is 11.8 Å². The van der Waals surface area contributed by atoms with Gasteiger partial charge in [-0.05, 0) is 18.9 Å². The molecule has 1 fully saturated rings. The van der Waals surface area contributed by atoms with Crippen LogP contribution in [-0.4, -0.2) is 57.7 Å². The predicted octanol–water partition coefficient (Wildman–Crippen LogP) is 1.23. The lowest BCUT2D eigenvalue weighted by Crippen LogP contribution is -2.25. The molecule has 0 aromatic carbocycles. The number of nitrogen functional groups attached to an aromatic ring is 1. The number of hydrogen-bond acceptors (Lipinski definition) is 6. The average molecular weight is 332 g/mol. The number of aromatic nitrogens is 3. The number of aliphatic hydroxyl groups excluding tert-OH is 1. The molecule has 0 saturated heterocycles. The monoisotopic (exact) mass is 332 g/mol. The third-order valence-electron chi connectivity index (χ3n) is 4.43. The summed E-state index contributed by atoms with van der Waals surface area (Å²) >= 11 is 0. The van der Waals surface area contributed by atoms with Gasteiger partial charge in [0.25, 0.3) is 5.91 Å². The number of aliphatic hydroxyl groups is 1. The Hall–Kier alpha value is -2.35. The van der Waals surface area contributed by atoms with E-state index in [4.69, 9.17) is 10.8 Å². The van der Waals surface area contributed by atoms with Crippen LogP contribution in [0, 0.1) is 0 Å². The average Bonchev–Trinajstić information content (AvgIpc) is 3.18. The lowest BCUT2D eigenvalue weighted by Gasteiger charge is -2.19. The van der Waals surface area contributed by atoms with Crippen LogP contribution in [0.25, 0.3) is 11.0 Å². The van der Waals surface area contributed by atoms with Crippen molar-refractivity contribution in [1.29, 1.82) is 0 Å². The number of amides is 1. The van der Waals surface area contributed by atoms with E-state index in [0.29, 0.717) is 23.7 Å². The number of carbonyl (C=O) groups is 1. The maximum Gasteiger partial charge on any atom is 0.270 e. The Labute approximate surface area is 140 Å². The number of fused-ring (bicyclic) bond motifs is 1. The Morgan fingerprint density at radius 2 is 2.12 bits per heavy atom. The first kappa shape index (κ1) is 16.5. The number of hydrogen-bond donors (Lipinski definition) is 3. The molecule has 2 aromatic rings. The highest BCUT2D eigenvalue weighted by Crippen LogP contribution is 2.36. The van der Waals surface area contributed by atoms with Crippen LogP contribution in [0.3, 0.4) is 0 Å². The van der Waals surface area contributed by atoms with Crippen LogP contribution in [0.15, 0.2) is 6.07 Å². The van der Waals surface area contributed by atoms with Crippen LogP contribution in [0.5, 0.6) is 0 Å². The molecule has 1 aliphatic carbocycles. The van der Waals surface area contributed by atoms with Crippen LogP contribution in [-0.2, 0) is 0 Å². The Balaban J connectivity index is 2.21.